The molecule has 0 spiro atoms. The van der Waals surface area contributed by atoms with Gasteiger partial charge in [0.1, 0.15) is 47.8 Å². The van der Waals surface area contributed by atoms with Crippen molar-refractivity contribution in [2.75, 3.05) is 52.5 Å². The number of hydrogen-bond donors (Lipinski definition) is 2. The Kier molecular flexibility index (Phi) is 18.0. The van der Waals surface area contributed by atoms with Crippen molar-refractivity contribution in [1.29, 1.82) is 0 Å². The van der Waals surface area contributed by atoms with Gasteiger partial charge in [-0.25, -0.2) is 8.78 Å². The maximum atomic E-state index is 13.1. The molecule has 10 heteroatoms. The Morgan fingerprint density at radius 3 is 1.05 bits per heavy atom. The summed E-state index contributed by atoms with van der Waals surface area (Å²) in [5.74, 6) is 2.86. The molecule has 0 bridgehead atoms. The summed E-state index contributed by atoms with van der Waals surface area (Å²) in [6.07, 6.45) is 5.95. The third kappa shape index (κ3) is 16.3. The number of likely N-dealkylation sites (tertiary alicyclic amines) is 2. The minimum Gasteiger partial charge on any atom is -0.494 e. The van der Waals surface area contributed by atoms with Crippen LogP contribution < -0.4 is 18.9 Å². The molecule has 0 atom stereocenters. The molecule has 66 heavy (non-hydrogen) atoms. The van der Waals surface area contributed by atoms with Crippen LogP contribution >= 0.6 is 0 Å². The Bertz CT molecular complexity index is 2100. The van der Waals surface area contributed by atoms with E-state index in [4.69, 9.17) is 18.9 Å². The van der Waals surface area contributed by atoms with Gasteiger partial charge in [-0.15, -0.1) is 0 Å². The molecule has 8 nitrogen and oxygen atoms in total. The molecular weight excluding hydrogens is 835 g/mol. The Labute approximate surface area is 389 Å². The number of piperidine rings is 2. The molecular formula is C56H64F2N2O6. The number of hydrogen-bond acceptors (Lipinski definition) is 8. The van der Waals surface area contributed by atoms with E-state index in [0.717, 1.165) is 123 Å². The molecule has 0 radical (unpaired) electrons. The van der Waals surface area contributed by atoms with Crippen LogP contribution in [-0.4, -0.2) is 83.7 Å². The third-order valence-electron chi connectivity index (χ3n) is 12.4. The molecule has 348 valence electrons. The zero-order valence-electron chi connectivity index (χ0n) is 37.9. The van der Waals surface area contributed by atoms with Gasteiger partial charge in [0, 0.05) is 52.1 Å². The summed E-state index contributed by atoms with van der Waals surface area (Å²) in [6.45, 7) is 7.77. The van der Waals surface area contributed by atoms with Crippen molar-refractivity contribution in [3.8, 4) is 23.0 Å². The predicted molar refractivity (Wildman–Crippen MR) is 256 cm³/mol. The van der Waals surface area contributed by atoms with Gasteiger partial charge in [0.25, 0.3) is 0 Å². The van der Waals surface area contributed by atoms with Crippen LogP contribution in [0.25, 0.3) is 0 Å². The highest BCUT2D eigenvalue weighted by molar-refractivity contribution is 5.33. The topological polar surface area (TPSA) is 83.9 Å². The van der Waals surface area contributed by atoms with Crippen molar-refractivity contribution in [2.24, 2.45) is 0 Å². The van der Waals surface area contributed by atoms with Crippen LogP contribution in [0.4, 0.5) is 8.78 Å². The van der Waals surface area contributed by atoms with Gasteiger partial charge in [0.2, 0.25) is 0 Å². The van der Waals surface area contributed by atoms with E-state index in [1.54, 1.807) is 24.3 Å². The van der Waals surface area contributed by atoms with Crippen LogP contribution in [-0.2, 0) is 26.1 Å². The SMILES string of the molecule is OC1(Cc2ccc(F)cc2)CCN(CCCOc2ccc(OCc3ccccc3)cc2)CC1.OC1(Cc2ccc(F)cc2)CCN(CCCOc2ccc(OCc3ccccc3)cc2)CC1. The Morgan fingerprint density at radius 1 is 0.394 bits per heavy atom. The summed E-state index contributed by atoms with van der Waals surface area (Å²) in [5.41, 5.74) is 2.85. The molecule has 2 aliphatic heterocycles. The smallest absolute Gasteiger partial charge is 0.123 e. The monoisotopic (exact) mass is 898 g/mol. The van der Waals surface area contributed by atoms with E-state index in [2.05, 4.69) is 9.80 Å². The van der Waals surface area contributed by atoms with E-state index in [0.29, 0.717) is 39.3 Å². The minimum atomic E-state index is -0.699. The Morgan fingerprint density at radius 2 is 0.712 bits per heavy atom. The molecule has 0 aliphatic carbocycles. The molecule has 0 unspecified atom stereocenters. The van der Waals surface area contributed by atoms with Crippen LogP contribution in [0.5, 0.6) is 23.0 Å². The number of ether oxygens (including phenoxy) is 4. The number of nitrogens with zero attached hydrogens (tertiary/aromatic N) is 2. The standard InChI is InChI=1S/2C28H32FNO3/c2*29-25-9-7-23(8-10-25)21-28(31)15-18-30(19-16-28)17-4-20-32-26-11-13-27(14-12-26)33-22-24-5-2-1-3-6-24/h2*1-3,5-14,31H,4,15-22H2. The molecule has 0 amide bonds. The van der Waals surface area contributed by atoms with Crippen molar-refractivity contribution in [3.63, 3.8) is 0 Å². The first-order valence-electron chi connectivity index (χ1n) is 23.3. The first kappa shape index (κ1) is 48.2. The van der Waals surface area contributed by atoms with E-state index in [9.17, 15) is 19.0 Å². The second kappa shape index (κ2) is 24.7. The molecule has 6 aromatic carbocycles. The molecule has 0 saturated carbocycles. The highest BCUT2D eigenvalue weighted by Gasteiger charge is 2.33. The predicted octanol–water partition coefficient (Wildman–Crippen LogP) is 10.5. The Balaban J connectivity index is 0.000000196. The number of benzene rings is 6. The van der Waals surface area contributed by atoms with Crippen molar-refractivity contribution >= 4 is 0 Å². The molecule has 2 aliphatic rings. The van der Waals surface area contributed by atoms with Gasteiger partial charge in [-0.3, -0.25) is 0 Å². The average Bonchev–Trinajstić information content (AvgIpc) is 3.35. The fourth-order valence-corrected chi connectivity index (χ4v) is 8.41. The van der Waals surface area contributed by atoms with Crippen LogP contribution in [0.15, 0.2) is 158 Å². The quantitative estimate of drug-likeness (QED) is 0.0734. The summed E-state index contributed by atoms with van der Waals surface area (Å²) >= 11 is 0. The second-order valence-corrected chi connectivity index (χ2v) is 17.6. The van der Waals surface area contributed by atoms with E-state index < -0.39 is 11.2 Å². The van der Waals surface area contributed by atoms with E-state index in [-0.39, 0.29) is 11.6 Å². The van der Waals surface area contributed by atoms with E-state index in [1.807, 2.05) is 109 Å². The first-order valence-corrected chi connectivity index (χ1v) is 23.3. The molecule has 2 saturated heterocycles. The van der Waals surface area contributed by atoms with Gasteiger partial charge in [-0.1, -0.05) is 84.9 Å². The minimum absolute atomic E-state index is 0.241. The lowest BCUT2D eigenvalue weighted by Gasteiger charge is -2.38. The van der Waals surface area contributed by atoms with Crippen LogP contribution in [0.1, 0.15) is 60.8 Å². The van der Waals surface area contributed by atoms with Crippen molar-refractivity contribution < 1.29 is 37.9 Å². The van der Waals surface area contributed by atoms with Gasteiger partial charge < -0.3 is 39.0 Å². The van der Waals surface area contributed by atoms with Crippen molar-refractivity contribution in [3.05, 3.63) is 192 Å². The van der Waals surface area contributed by atoms with Crippen LogP contribution in [0.2, 0.25) is 0 Å². The number of rotatable bonds is 20. The average molecular weight is 899 g/mol. The van der Waals surface area contributed by atoms with Crippen molar-refractivity contribution in [1.82, 2.24) is 9.80 Å². The zero-order chi connectivity index (χ0) is 45.9. The van der Waals surface area contributed by atoms with Gasteiger partial charge in [0.05, 0.1) is 24.4 Å². The van der Waals surface area contributed by atoms with Crippen molar-refractivity contribution in [2.45, 2.75) is 75.8 Å². The lowest BCUT2D eigenvalue weighted by Crippen LogP contribution is -2.46. The summed E-state index contributed by atoms with van der Waals surface area (Å²) in [5, 5.41) is 21.8. The molecule has 0 aromatic heterocycles. The highest BCUT2D eigenvalue weighted by atomic mass is 19.1. The fraction of sp³-hybridized carbons (Fsp3) is 0.357. The highest BCUT2D eigenvalue weighted by Crippen LogP contribution is 2.29. The molecule has 2 heterocycles. The summed E-state index contributed by atoms with van der Waals surface area (Å²) in [7, 11) is 0. The first-order chi connectivity index (χ1) is 32.2. The third-order valence-corrected chi connectivity index (χ3v) is 12.4. The van der Waals surface area contributed by atoms with Gasteiger partial charge in [0.15, 0.2) is 0 Å². The number of halogens is 2. The van der Waals surface area contributed by atoms with E-state index >= 15 is 0 Å². The van der Waals surface area contributed by atoms with Gasteiger partial charge in [-0.2, -0.15) is 0 Å². The van der Waals surface area contributed by atoms with Crippen LogP contribution in [0, 0.1) is 11.6 Å². The van der Waals surface area contributed by atoms with E-state index in [1.165, 1.54) is 24.3 Å². The second-order valence-electron chi connectivity index (χ2n) is 17.6. The fourth-order valence-electron chi connectivity index (χ4n) is 8.41. The molecule has 2 N–H and O–H groups in total. The Hall–Kier alpha value is -5.78. The largest absolute Gasteiger partial charge is 0.494 e. The zero-order valence-corrected chi connectivity index (χ0v) is 37.9. The van der Waals surface area contributed by atoms with Gasteiger partial charge in [-0.05, 0) is 134 Å². The van der Waals surface area contributed by atoms with Gasteiger partial charge >= 0.3 is 0 Å². The maximum absolute atomic E-state index is 13.1. The molecule has 2 fully saturated rings. The summed E-state index contributed by atoms with van der Waals surface area (Å²) < 4.78 is 49.6. The molecule has 8 rings (SSSR count). The molecule has 6 aromatic rings. The maximum Gasteiger partial charge on any atom is 0.123 e. The normalized spacial score (nSPS) is 15.8. The summed E-state index contributed by atoms with van der Waals surface area (Å²) in [6, 6.07) is 48.6. The van der Waals surface area contributed by atoms with Crippen LogP contribution in [0.3, 0.4) is 0 Å². The lowest BCUT2D eigenvalue weighted by atomic mass is 9.85. The number of aliphatic hydroxyl groups is 2. The lowest BCUT2D eigenvalue weighted by molar-refractivity contribution is -0.0216. The summed E-state index contributed by atoms with van der Waals surface area (Å²) in [4.78, 5) is 4.76.